The lowest BCUT2D eigenvalue weighted by Crippen LogP contribution is -2.65. The topological polar surface area (TPSA) is 93.1 Å². The number of hydrogen-bond acceptors (Lipinski definition) is 6. The molecule has 0 aromatic rings. The zero-order chi connectivity index (χ0) is 22.9. The van der Waals surface area contributed by atoms with Crippen LogP contribution in [-0.2, 0) is 19.1 Å². The Morgan fingerprint density at radius 1 is 1.26 bits per heavy atom. The summed E-state index contributed by atoms with van der Waals surface area (Å²) in [7, 11) is 0. The van der Waals surface area contributed by atoms with E-state index in [4.69, 9.17) is 9.47 Å². The van der Waals surface area contributed by atoms with E-state index < -0.39 is 29.1 Å². The first-order valence-corrected chi connectivity index (χ1v) is 11.0. The Kier molecular flexibility index (Phi) is 6.63. The Morgan fingerprint density at radius 3 is 2.68 bits per heavy atom. The molecule has 5 atom stereocenters. The minimum Gasteiger partial charge on any atom is -0.459 e. The smallest absolute Gasteiger partial charge is 0.343 e. The van der Waals surface area contributed by atoms with Crippen LogP contribution in [0.1, 0.15) is 53.4 Å². The molecule has 3 rings (SSSR count). The highest BCUT2D eigenvalue weighted by atomic mass is 16.6. The quantitative estimate of drug-likeness (QED) is 0.290. The van der Waals surface area contributed by atoms with Gasteiger partial charge in [-0.15, -0.1) is 0 Å². The van der Waals surface area contributed by atoms with E-state index in [9.17, 15) is 19.8 Å². The van der Waals surface area contributed by atoms with Crippen molar-refractivity contribution in [1.82, 2.24) is 0 Å². The molecule has 31 heavy (non-hydrogen) atoms. The third-order valence-electron chi connectivity index (χ3n) is 7.12. The zero-order valence-electron chi connectivity index (χ0n) is 18.8. The van der Waals surface area contributed by atoms with Crippen molar-refractivity contribution in [3.05, 3.63) is 48.1 Å². The number of ether oxygens (including phenoxy) is 2. The molecular weight excluding hydrogens is 396 g/mol. The molecule has 0 aromatic heterocycles. The normalized spacial score (nSPS) is 35.7. The number of fused-ring (bicyclic) bond motifs is 3. The molecule has 0 unspecified atom stereocenters. The molecule has 0 radical (unpaired) electrons. The first-order chi connectivity index (χ1) is 14.5. The van der Waals surface area contributed by atoms with Crippen molar-refractivity contribution in [1.29, 1.82) is 0 Å². The summed E-state index contributed by atoms with van der Waals surface area (Å²) < 4.78 is 11.1. The number of cyclic esters (lactones) is 1. The van der Waals surface area contributed by atoms with E-state index in [2.05, 4.69) is 13.8 Å². The predicted octanol–water partition coefficient (Wildman–Crippen LogP) is 3.40. The molecule has 2 N–H and O–H groups in total. The molecule has 1 saturated heterocycles. The lowest BCUT2D eigenvalue weighted by Gasteiger charge is -2.59. The predicted molar refractivity (Wildman–Crippen MR) is 117 cm³/mol. The van der Waals surface area contributed by atoms with Crippen molar-refractivity contribution in [2.45, 2.75) is 71.2 Å². The number of rotatable bonds is 6. The molecule has 1 aliphatic heterocycles. The number of hydrogen-bond donors (Lipinski definition) is 2. The fourth-order valence-electron chi connectivity index (χ4n) is 5.74. The van der Waals surface area contributed by atoms with Gasteiger partial charge < -0.3 is 19.7 Å². The molecule has 2 aliphatic carbocycles. The van der Waals surface area contributed by atoms with E-state index in [-0.39, 0.29) is 24.0 Å². The lowest BCUT2D eigenvalue weighted by atomic mass is 9.46. The van der Waals surface area contributed by atoms with Crippen LogP contribution in [0.15, 0.2) is 48.1 Å². The Hall–Kier alpha value is -2.18. The van der Waals surface area contributed by atoms with E-state index in [0.717, 1.165) is 12.8 Å². The largest absolute Gasteiger partial charge is 0.459 e. The van der Waals surface area contributed by atoms with Crippen molar-refractivity contribution >= 4 is 11.9 Å². The van der Waals surface area contributed by atoms with Gasteiger partial charge in [0.2, 0.25) is 0 Å². The van der Waals surface area contributed by atoms with E-state index in [1.165, 1.54) is 6.08 Å². The van der Waals surface area contributed by atoms with Crippen molar-refractivity contribution in [3.8, 4) is 0 Å². The van der Waals surface area contributed by atoms with E-state index in [1.807, 2.05) is 19.1 Å². The Labute approximate surface area is 184 Å². The number of allylic oxidation sites excluding steroid dienone is 4. The standard InChI is InChI=1S/C25H34O6/c1-17(26)11-8-6-5-7-9-12-20(27)31-19-15-18-16-30-22(28)25(18,29)24(4)14-10-13-23(2,3)21(19)24/h5-9,12,15,17,19,21,26,29H,10-11,13-14,16H2,1-4H3/b7-5+,8-6+,12-9+/t17-,19+,21-,24-,25-/m0/s1. The van der Waals surface area contributed by atoms with E-state index in [0.29, 0.717) is 18.4 Å². The molecular formula is C25H34O6. The summed E-state index contributed by atoms with van der Waals surface area (Å²) in [5.41, 5.74) is -2.15. The van der Waals surface area contributed by atoms with Crippen molar-refractivity contribution < 1.29 is 29.3 Å². The monoisotopic (exact) mass is 430 g/mol. The molecule has 3 aliphatic rings. The van der Waals surface area contributed by atoms with Crippen molar-refractivity contribution in [2.75, 3.05) is 6.61 Å². The summed E-state index contributed by atoms with van der Waals surface area (Å²) in [4.78, 5) is 25.1. The summed E-state index contributed by atoms with van der Waals surface area (Å²) >= 11 is 0. The van der Waals surface area contributed by atoms with Crippen molar-refractivity contribution in [3.63, 3.8) is 0 Å². The van der Waals surface area contributed by atoms with Gasteiger partial charge in [-0.3, -0.25) is 0 Å². The van der Waals surface area contributed by atoms with Gasteiger partial charge in [0.15, 0.2) is 5.60 Å². The number of carbonyl (C=O) groups excluding carboxylic acids is 2. The molecule has 0 amide bonds. The summed E-state index contributed by atoms with van der Waals surface area (Å²) in [6.07, 6.45) is 14.0. The Balaban J connectivity index is 1.79. The van der Waals surface area contributed by atoms with Crippen LogP contribution in [0, 0.1) is 16.7 Å². The molecule has 0 spiro atoms. The minimum atomic E-state index is -1.66. The molecule has 6 heteroatoms. The van der Waals surface area contributed by atoms with Gasteiger partial charge in [-0.2, -0.15) is 0 Å². The molecule has 170 valence electrons. The van der Waals surface area contributed by atoms with Crippen LogP contribution < -0.4 is 0 Å². The second-order valence-corrected chi connectivity index (χ2v) is 9.87. The maximum atomic E-state index is 12.6. The first-order valence-electron chi connectivity index (χ1n) is 11.0. The minimum absolute atomic E-state index is 0.0312. The highest BCUT2D eigenvalue weighted by Gasteiger charge is 2.69. The second-order valence-electron chi connectivity index (χ2n) is 9.87. The van der Waals surface area contributed by atoms with Gasteiger partial charge in [0.25, 0.3) is 0 Å². The van der Waals surface area contributed by atoms with Crippen LogP contribution in [-0.4, -0.2) is 46.6 Å². The van der Waals surface area contributed by atoms with Crippen LogP contribution in [0.5, 0.6) is 0 Å². The number of aliphatic hydroxyl groups is 2. The molecule has 6 nitrogen and oxygen atoms in total. The zero-order valence-corrected chi connectivity index (χ0v) is 18.8. The third-order valence-corrected chi connectivity index (χ3v) is 7.12. The number of esters is 2. The maximum Gasteiger partial charge on any atom is 0.343 e. The van der Waals surface area contributed by atoms with Gasteiger partial charge in [-0.05, 0) is 37.7 Å². The van der Waals surface area contributed by atoms with E-state index >= 15 is 0 Å². The SMILES string of the molecule is C[C@H](O)C/C=C/C=C/C=C/C(=O)O[C@@H]1C=C2COC(=O)[C@]2(O)[C@@]2(C)CCCC(C)(C)[C@H]12. The Bertz CT molecular complexity index is 833. The van der Waals surface area contributed by atoms with Crippen LogP contribution in [0.4, 0.5) is 0 Å². The van der Waals surface area contributed by atoms with Gasteiger partial charge in [-0.1, -0.05) is 57.6 Å². The second kappa shape index (κ2) is 8.75. The van der Waals surface area contributed by atoms with Crippen LogP contribution >= 0.6 is 0 Å². The Morgan fingerprint density at radius 2 is 1.97 bits per heavy atom. The van der Waals surface area contributed by atoms with Gasteiger partial charge in [0.05, 0.1) is 6.10 Å². The number of carbonyl (C=O) groups is 2. The van der Waals surface area contributed by atoms with Gasteiger partial charge in [-0.25, -0.2) is 9.59 Å². The summed E-state index contributed by atoms with van der Waals surface area (Å²) in [5.74, 6) is -1.29. The molecule has 1 saturated carbocycles. The summed E-state index contributed by atoms with van der Waals surface area (Å²) in [6.45, 7) is 7.89. The number of aliphatic hydroxyl groups excluding tert-OH is 1. The molecule has 1 heterocycles. The van der Waals surface area contributed by atoms with Crippen molar-refractivity contribution in [2.24, 2.45) is 16.7 Å². The maximum absolute atomic E-state index is 12.6. The lowest BCUT2D eigenvalue weighted by molar-refractivity contribution is -0.194. The molecule has 0 bridgehead atoms. The molecule has 0 aromatic carbocycles. The van der Waals surface area contributed by atoms with Crippen LogP contribution in [0.3, 0.4) is 0 Å². The van der Waals surface area contributed by atoms with Gasteiger partial charge >= 0.3 is 11.9 Å². The highest BCUT2D eigenvalue weighted by molar-refractivity contribution is 5.88. The van der Waals surface area contributed by atoms with Gasteiger partial charge in [0.1, 0.15) is 12.7 Å². The summed E-state index contributed by atoms with van der Waals surface area (Å²) in [5, 5.41) is 20.7. The average molecular weight is 431 g/mol. The fourth-order valence-corrected chi connectivity index (χ4v) is 5.74. The van der Waals surface area contributed by atoms with Gasteiger partial charge in [0, 0.05) is 23.0 Å². The van der Waals surface area contributed by atoms with Crippen LogP contribution in [0.2, 0.25) is 0 Å². The van der Waals surface area contributed by atoms with E-state index in [1.54, 1.807) is 31.2 Å². The first kappa shape index (κ1) is 23.5. The molecule has 2 fully saturated rings. The average Bonchev–Trinajstić information content (AvgIpc) is 2.96. The fraction of sp³-hybridized carbons (Fsp3) is 0.600. The third kappa shape index (κ3) is 4.28. The summed E-state index contributed by atoms with van der Waals surface area (Å²) in [6, 6.07) is 0. The highest BCUT2D eigenvalue weighted by Crippen LogP contribution is 2.63. The van der Waals surface area contributed by atoms with Crippen LogP contribution in [0.25, 0.3) is 0 Å².